The first-order valence-electron chi connectivity index (χ1n) is 9.67. The Morgan fingerprint density at radius 2 is 1.70 bits per heavy atom. The highest BCUT2D eigenvalue weighted by Gasteiger charge is 2.16. The first kappa shape index (κ1) is 19.4. The first-order valence-corrected chi connectivity index (χ1v) is 9.67. The molecule has 4 aromatic rings. The van der Waals surface area contributed by atoms with Crippen LogP contribution in [0.2, 0.25) is 0 Å². The Hall–Kier alpha value is -3.93. The third-order valence-corrected chi connectivity index (χ3v) is 4.96. The topological polar surface area (TPSA) is 73.2 Å². The van der Waals surface area contributed by atoms with E-state index in [9.17, 15) is 9.59 Å². The molecule has 0 saturated heterocycles. The van der Waals surface area contributed by atoms with Crippen LogP contribution in [0.15, 0.2) is 77.6 Å². The van der Waals surface area contributed by atoms with Crippen molar-refractivity contribution >= 4 is 16.8 Å². The molecule has 1 amide bonds. The van der Waals surface area contributed by atoms with Crippen molar-refractivity contribution in [2.24, 2.45) is 0 Å². The number of nitrogens with zero attached hydrogens (tertiary/aromatic N) is 2. The summed E-state index contributed by atoms with van der Waals surface area (Å²) in [7, 11) is 1.59. The van der Waals surface area contributed by atoms with Crippen LogP contribution in [-0.4, -0.2) is 22.7 Å². The summed E-state index contributed by atoms with van der Waals surface area (Å²) in [6.07, 6.45) is 0.886. The first-order chi connectivity index (χ1) is 14.6. The van der Waals surface area contributed by atoms with Gasteiger partial charge in [0.2, 0.25) is 0 Å². The van der Waals surface area contributed by atoms with Gasteiger partial charge in [0, 0.05) is 11.1 Å². The molecule has 3 aromatic carbocycles. The molecule has 6 nitrogen and oxygen atoms in total. The summed E-state index contributed by atoms with van der Waals surface area (Å²) in [6, 6.07) is 21.5. The molecule has 0 saturated carbocycles. The molecular formula is C24H21N3O3. The number of ether oxygens (including phenoxy) is 1. The molecule has 0 spiro atoms. The highest BCUT2D eigenvalue weighted by atomic mass is 16.5. The largest absolute Gasteiger partial charge is 0.497 e. The maximum absolute atomic E-state index is 13.2. The van der Waals surface area contributed by atoms with Gasteiger partial charge in [-0.25, -0.2) is 4.98 Å². The van der Waals surface area contributed by atoms with Crippen molar-refractivity contribution in [3.63, 3.8) is 0 Å². The molecule has 0 aliphatic rings. The highest BCUT2D eigenvalue weighted by molar-refractivity contribution is 6.00. The van der Waals surface area contributed by atoms with Crippen molar-refractivity contribution in [2.45, 2.75) is 13.3 Å². The number of amides is 1. The number of rotatable bonds is 5. The zero-order chi connectivity index (χ0) is 21.1. The maximum Gasteiger partial charge on any atom is 0.280 e. The predicted molar refractivity (Wildman–Crippen MR) is 118 cm³/mol. The molecule has 0 bridgehead atoms. The van der Waals surface area contributed by atoms with Crippen molar-refractivity contribution in [2.75, 3.05) is 12.5 Å². The van der Waals surface area contributed by atoms with E-state index in [2.05, 4.69) is 17.3 Å². The van der Waals surface area contributed by atoms with E-state index in [4.69, 9.17) is 4.74 Å². The number of nitrogens with one attached hydrogen (secondary N) is 1. The van der Waals surface area contributed by atoms with E-state index in [1.165, 1.54) is 4.68 Å². The standard InChI is InChI=1S/C24H21N3O3/c1-3-16-8-10-18(11-9-16)23(28)26-27-22(17-12-14-19(30-2)15-13-17)25-21-7-5-4-6-20(21)24(27)29/h4-15H,3H2,1-2H3,(H,26,28). The molecule has 150 valence electrons. The highest BCUT2D eigenvalue weighted by Crippen LogP contribution is 2.21. The summed E-state index contributed by atoms with van der Waals surface area (Å²) in [4.78, 5) is 30.7. The maximum atomic E-state index is 13.2. The lowest BCUT2D eigenvalue weighted by molar-refractivity contribution is 0.101. The minimum Gasteiger partial charge on any atom is -0.497 e. The second-order valence-corrected chi connectivity index (χ2v) is 6.81. The molecule has 4 rings (SSSR count). The molecule has 0 aliphatic carbocycles. The molecule has 0 aliphatic heterocycles. The molecule has 1 heterocycles. The molecule has 0 radical (unpaired) electrons. The van der Waals surface area contributed by atoms with Crippen molar-refractivity contribution in [1.82, 2.24) is 9.66 Å². The van der Waals surface area contributed by atoms with Gasteiger partial charge in [-0.2, -0.15) is 4.68 Å². The van der Waals surface area contributed by atoms with Crippen LogP contribution in [0.3, 0.4) is 0 Å². The molecule has 1 aromatic heterocycles. The number of para-hydroxylation sites is 1. The van der Waals surface area contributed by atoms with Crippen LogP contribution in [0, 0.1) is 0 Å². The Kier molecular flexibility index (Phi) is 5.30. The molecule has 0 atom stereocenters. The van der Waals surface area contributed by atoms with Gasteiger partial charge in [0.15, 0.2) is 5.82 Å². The third kappa shape index (κ3) is 3.67. The van der Waals surface area contributed by atoms with Crippen LogP contribution in [0.1, 0.15) is 22.8 Å². The van der Waals surface area contributed by atoms with Gasteiger partial charge in [-0.05, 0) is 60.5 Å². The van der Waals surface area contributed by atoms with Crippen LogP contribution >= 0.6 is 0 Å². The number of aromatic nitrogens is 2. The van der Waals surface area contributed by atoms with Crippen molar-refractivity contribution in [3.05, 3.63) is 94.3 Å². The van der Waals surface area contributed by atoms with E-state index in [1.54, 1.807) is 61.7 Å². The van der Waals surface area contributed by atoms with Crippen molar-refractivity contribution in [1.29, 1.82) is 0 Å². The second kappa shape index (κ2) is 8.21. The molecule has 0 fully saturated rings. The fourth-order valence-corrected chi connectivity index (χ4v) is 3.23. The SMILES string of the molecule is CCc1ccc(C(=O)Nn2c(-c3ccc(OC)cc3)nc3ccccc3c2=O)cc1. The lowest BCUT2D eigenvalue weighted by Crippen LogP contribution is -2.35. The Balaban J connectivity index is 1.82. The summed E-state index contributed by atoms with van der Waals surface area (Å²) in [5.74, 6) is 0.653. The van der Waals surface area contributed by atoms with Gasteiger partial charge < -0.3 is 4.74 Å². The van der Waals surface area contributed by atoms with Crippen LogP contribution in [0.5, 0.6) is 5.75 Å². The number of aryl methyl sites for hydroxylation is 1. The summed E-state index contributed by atoms with van der Waals surface area (Å²) in [5, 5.41) is 0.427. The average molecular weight is 399 g/mol. The number of carbonyl (C=O) groups excluding carboxylic acids is 1. The molecule has 6 heteroatoms. The van der Waals surface area contributed by atoms with E-state index < -0.39 is 0 Å². The van der Waals surface area contributed by atoms with Crippen molar-refractivity contribution in [3.8, 4) is 17.1 Å². The Labute approximate surface area is 173 Å². The predicted octanol–water partition coefficient (Wildman–Crippen LogP) is 4.02. The average Bonchev–Trinajstić information content (AvgIpc) is 2.81. The van der Waals surface area contributed by atoms with E-state index in [0.717, 1.165) is 12.0 Å². The number of hydrogen-bond acceptors (Lipinski definition) is 4. The minimum atomic E-state index is -0.383. The quantitative estimate of drug-likeness (QED) is 0.550. The van der Waals surface area contributed by atoms with Gasteiger partial charge in [0.25, 0.3) is 11.5 Å². The summed E-state index contributed by atoms with van der Waals surface area (Å²) in [5.41, 5.74) is 5.22. The monoisotopic (exact) mass is 399 g/mol. The Morgan fingerprint density at radius 1 is 1.00 bits per heavy atom. The number of methoxy groups -OCH3 is 1. The van der Waals surface area contributed by atoms with Gasteiger partial charge in [-0.1, -0.05) is 31.2 Å². The van der Waals surface area contributed by atoms with E-state index >= 15 is 0 Å². The smallest absolute Gasteiger partial charge is 0.280 e. The second-order valence-electron chi connectivity index (χ2n) is 6.81. The molecular weight excluding hydrogens is 378 g/mol. The normalized spacial score (nSPS) is 10.7. The van der Waals surface area contributed by atoms with Crippen LogP contribution in [0.4, 0.5) is 0 Å². The Morgan fingerprint density at radius 3 is 2.37 bits per heavy atom. The number of fused-ring (bicyclic) bond motifs is 1. The van der Waals surface area contributed by atoms with E-state index in [0.29, 0.717) is 33.6 Å². The fraction of sp³-hybridized carbons (Fsp3) is 0.125. The minimum absolute atomic E-state index is 0.343. The lowest BCUT2D eigenvalue weighted by Gasteiger charge is -2.15. The third-order valence-electron chi connectivity index (χ3n) is 4.96. The van der Waals surface area contributed by atoms with Gasteiger partial charge >= 0.3 is 0 Å². The van der Waals surface area contributed by atoms with Crippen molar-refractivity contribution < 1.29 is 9.53 Å². The van der Waals surface area contributed by atoms with Gasteiger partial charge in [-0.3, -0.25) is 15.0 Å². The van der Waals surface area contributed by atoms with Crippen LogP contribution in [0.25, 0.3) is 22.3 Å². The van der Waals surface area contributed by atoms with E-state index in [1.807, 2.05) is 18.2 Å². The fourth-order valence-electron chi connectivity index (χ4n) is 3.23. The summed E-state index contributed by atoms with van der Waals surface area (Å²) >= 11 is 0. The number of hydrogen-bond donors (Lipinski definition) is 1. The molecule has 30 heavy (non-hydrogen) atoms. The van der Waals surface area contributed by atoms with E-state index in [-0.39, 0.29) is 11.5 Å². The van der Waals surface area contributed by atoms with Gasteiger partial charge in [0.1, 0.15) is 5.75 Å². The number of carbonyl (C=O) groups is 1. The number of benzene rings is 3. The summed E-state index contributed by atoms with van der Waals surface area (Å²) < 4.78 is 6.42. The van der Waals surface area contributed by atoms with Gasteiger partial charge in [0.05, 0.1) is 18.0 Å². The van der Waals surface area contributed by atoms with Gasteiger partial charge in [-0.15, -0.1) is 0 Å². The molecule has 0 unspecified atom stereocenters. The Bertz CT molecular complexity index is 1260. The van der Waals surface area contributed by atoms with Crippen LogP contribution in [-0.2, 0) is 6.42 Å². The zero-order valence-corrected chi connectivity index (χ0v) is 16.8. The van der Waals surface area contributed by atoms with Crippen LogP contribution < -0.4 is 15.7 Å². The molecule has 1 N–H and O–H groups in total. The lowest BCUT2D eigenvalue weighted by atomic mass is 10.1. The zero-order valence-electron chi connectivity index (χ0n) is 16.8. The summed E-state index contributed by atoms with van der Waals surface area (Å²) in [6.45, 7) is 2.05.